The second kappa shape index (κ2) is 12.9. The molecule has 0 aliphatic heterocycles. The molecule has 0 fully saturated rings. The normalized spacial score (nSPS) is 10.7. The van der Waals surface area contributed by atoms with Gasteiger partial charge in [0, 0.05) is 42.8 Å². The number of benzene rings is 4. The summed E-state index contributed by atoms with van der Waals surface area (Å²) in [7, 11) is 0. The van der Waals surface area contributed by atoms with E-state index in [0.717, 1.165) is 33.9 Å². The van der Waals surface area contributed by atoms with Crippen molar-refractivity contribution in [3.63, 3.8) is 0 Å². The molecular formula is C37H29IrN3-2. The summed E-state index contributed by atoms with van der Waals surface area (Å²) in [4.78, 5) is 9.07. The molecule has 41 heavy (non-hydrogen) atoms. The zero-order valence-electron chi connectivity index (χ0n) is 23.0. The van der Waals surface area contributed by atoms with Gasteiger partial charge in [-0.25, -0.2) is 0 Å². The van der Waals surface area contributed by atoms with Gasteiger partial charge in [0.15, 0.2) is 0 Å². The van der Waals surface area contributed by atoms with Crippen LogP contribution in [0.4, 0.5) is 0 Å². The van der Waals surface area contributed by atoms with Crippen LogP contribution < -0.4 is 0 Å². The topological polar surface area (TPSA) is 30.7 Å². The minimum atomic E-state index is 0. The van der Waals surface area contributed by atoms with Crippen LogP contribution in [0.15, 0.2) is 134 Å². The van der Waals surface area contributed by atoms with Crippen molar-refractivity contribution in [2.75, 3.05) is 0 Å². The Morgan fingerprint density at radius 2 is 1.27 bits per heavy atom. The van der Waals surface area contributed by atoms with E-state index in [-0.39, 0.29) is 20.1 Å². The third-order valence-corrected chi connectivity index (χ3v) is 6.91. The van der Waals surface area contributed by atoms with Gasteiger partial charge in [0.25, 0.3) is 0 Å². The van der Waals surface area contributed by atoms with E-state index in [0.29, 0.717) is 5.92 Å². The molecule has 0 aliphatic carbocycles. The van der Waals surface area contributed by atoms with E-state index >= 15 is 0 Å². The summed E-state index contributed by atoms with van der Waals surface area (Å²) >= 11 is 0. The number of nitrogens with zero attached hydrogens (tertiary/aromatic N) is 3. The summed E-state index contributed by atoms with van der Waals surface area (Å²) in [5.74, 6) is 0.466. The van der Waals surface area contributed by atoms with Crippen LogP contribution in [-0.2, 0) is 20.1 Å². The van der Waals surface area contributed by atoms with Gasteiger partial charge in [-0.05, 0) is 47.3 Å². The van der Waals surface area contributed by atoms with Crippen LogP contribution >= 0.6 is 0 Å². The number of fused-ring (bicyclic) bond motifs is 3. The Morgan fingerprint density at radius 3 is 1.93 bits per heavy atom. The third-order valence-electron chi connectivity index (χ3n) is 6.91. The Balaban J connectivity index is 0.000000182. The first kappa shape index (κ1) is 28.2. The molecule has 0 amide bonds. The number of rotatable bonds is 4. The average Bonchev–Trinajstić information content (AvgIpc) is 3.37. The van der Waals surface area contributed by atoms with Gasteiger partial charge < -0.3 is 14.5 Å². The van der Waals surface area contributed by atoms with Crippen molar-refractivity contribution in [2.45, 2.75) is 19.8 Å². The molecule has 7 aromatic rings. The molecule has 203 valence electrons. The first-order valence-electron chi connectivity index (χ1n) is 13.5. The van der Waals surface area contributed by atoms with Crippen LogP contribution in [-0.4, -0.2) is 14.5 Å². The number of para-hydroxylation sites is 2. The van der Waals surface area contributed by atoms with Gasteiger partial charge in [0.05, 0.1) is 11.0 Å². The molecule has 0 atom stereocenters. The molecule has 3 heterocycles. The fourth-order valence-electron chi connectivity index (χ4n) is 4.94. The van der Waals surface area contributed by atoms with Crippen molar-refractivity contribution in [1.29, 1.82) is 0 Å². The zero-order chi connectivity index (χ0) is 27.3. The van der Waals surface area contributed by atoms with Crippen molar-refractivity contribution >= 4 is 21.8 Å². The van der Waals surface area contributed by atoms with Gasteiger partial charge >= 0.3 is 0 Å². The van der Waals surface area contributed by atoms with Gasteiger partial charge in [0.2, 0.25) is 0 Å². The number of aromatic nitrogens is 3. The molecular weight excluding hydrogens is 679 g/mol. The largest absolute Gasteiger partial charge is 0.327 e. The zero-order valence-corrected chi connectivity index (χ0v) is 25.3. The van der Waals surface area contributed by atoms with E-state index in [1.807, 2.05) is 60.8 Å². The van der Waals surface area contributed by atoms with E-state index in [4.69, 9.17) is 0 Å². The molecule has 3 aromatic heterocycles. The minimum Gasteiger partial charge on any atom is -0.327 e. The summed E-state index contributed by atoms with van der Waals surface area (Å²) in [6.07, 6.45) is 1.82. The third kappa shape index (κ3) is 6.05. The summed E-state index contributed by atoms with van der Waals surface area (Å²) in [6.45, 7) is 4.31. The molecule has 7 rings (SSSR count). The molecule has 0 spiro atoms. The molecule has 0 saturated heterocycles. The molecule has 0 aliphatic rings. The molecule has 0 unspecified atom stereocenters. The van der Waals surface area contributed by atoms with Crippen molar-refractivity contribution < 1.29 is 20.1 Å². The first-order valence-corrected chi connectivity index (χ1v) is 13.5. The van der Waals surface area contributed by atoms with Gasteiger partial charge in [-0.1, -0.05) is 74.5 Å². The van der Waals surface area contributed by atoms with E-state index < -0.39 is 0 Å². The van der Waals surface area contributed by atoms with Crippen LogP contribution in [0.2, 0.25) is 0 Å². The van der Waals surface area contributed by atoms with Crippen LogP contribution in [0.25, 0.3) is 50.0 Å². The van der Waals surface area contributed by atoms with Gasteiger partial charge in [-0.15, -0.1) is 65.7 Å². The van der Waals surface area contributed by atoms with E-state index in [2.05, 4.69) is 113 Å². The Hall–Kier alpha value is -4.37. The van der Waals surface area contributed by atoms with Crippen molar-refractivity contribution in [3.8, 4) is 28.2 Å². The number of pyridine rings is 2. The summed E-state index contributed by atoms with van der Waals surface area (Å²) in [5.41, 5.74) is 8.66. The van der Waals surface area contributed by atoms with Crippen LogP contribution in [0.1, 0.15) is 25.5 Å². The van der Waals surface area contributed by atoms with Crippen molar-refractivity contribution in [2.24, 2.45) is 0 Å². The smallest absolute Gasteiger partial charge is 0.0523 e. The summed E-state index contributed by atoms with van der Waals surface area (Å²) < 4.78 is 2.31. The molecule has 0 saturated carbocycles. The Labute approximate surface area is 254 Å². The van der Waals surface area contributed by atoms with Gasteiger partial charge in [-0.3, -0.25) is 0 Å². The Kier molecular flexibility index (Phi) is 8.84. The molecule has 0 N–H and O–H groups in total. The van der Waals surface area contributed by atoms with E-state index in [1.165, 1.54) is 21.8 Å². The average molecular weight is 708 g/mol. The maximum Gasteiger partial charge on any atom is 0.0523 e. The monoisotopic (exact) mass is 708 g/mol. The molecule has 4 heteroatoms. The Morgan fingerprint density at radius 1 is 0.610 bits per heavy atom. The minimum absolute atomic E-state index is 0. The van der Waals surface area contributed by atoms with Gasteiger partial charge in [-0.2, -0.15) is 0 Å². The predicted molar refractivity (Wildman–Crippen MR) is 165 cm³/mol. The predicted octanol–water partition coefficient (Wildman–Crippen LogP) is 9.32. The molecule has 1 radical (unpaired) electrons. The summed E-state index contributed by atoms with van der Waals surface area (Å²) in [6, 6.07) is 49.8. The fraction of sp³-hybridized carbons (Fsp3) is 0.0811. The standard InChI is InChI=1S/C23H15N2.C14H14N.Ir/c1-3-13-22-19(10-1)20-11-2-4-14-23(20)25(22)18-9-7-8-17(16-18)21-12-5-6-15-24-21;1-11(2)13-9-6-10-14(15-13)12-7-4-3-5-8-12;/h1-7,9-16H;3-7,9-11H,1-2H3;/q2*-1;. The SMILES string of the molecule is CC(C)c1cccc(-c2[c-]cccc2)n1.[Ir].[c-]1ccc(-n2c3ccccc3c3ccccc32)cc1-c1ccccn1. The van der Waals surface area contributed by atoms with E-state index in [1.54, 1.807) is 0 Å². The van der Waals surface area contributed by atoms with Gasteiger partial charge in [0.1, 0.15) is 0 Å². The molecule has 0 bridgehead atoms. The van der Waals surface area contributed by atoms with Crippen molar-refractivity contribution in [1.82, 2.24) is 14.5 Å². The maximum atomic E-state index is 4.61. The molecule has 3 nitrogen and oxygen atoms in total. The maximum absolute atomic E-state index is 4.61. The van der Waals surface area contributed by atoms with Crippen molar-refractivity contribution in [3.05, 3.63) is 151 Å². The van der Waals surface area contributed by atoms with E-state index in [9.17, 15) is 0 Å². The summed E-state index contributed by atoms with van der Waals surface area (Å²) in [5, 5.41) is 2.54. The fourth-order valence-corrected chi connectivity index (χ4v) is 4.94. The van der Waals surface area contributed by atoms with Crippen LogP contribution in [0, 0.1) is 12.1 Å². The number of hydrogen-bond acceptors (Lipinski definition) is 2. The van der Waals surface area contributed by atoms with Crippen LogP contribution in [0.5, 0.6) is 0 Å². The number of hydrogen-bond donors (Lipinski definition) is 0. The second-order valence-electron chi connectivity index (χ2n) is 9.92. The quantitative estimate of drug-likeness (QED) is 0.171. The Bertz CT molecular complexity index is 1820. The van der Waals surface area contributed by atoms with Crippen LogP contribution in [0.3, 0.4) is 0 Å². The second-order valence-corrected chi connectivity index (χ2v) is 9.92. The first-order chi connectivity index (χ1) is 19.7. The molecule has 4 aromatic carbocycles.